The van der Waals surface area contributed by atoms with Crippen molar-refractivity contribution in [3.8, 4) is 0 Å². The Hall–Kier alpha value is -2.48. The van der Waals surface area contributed by atoms with E-state index >= 15 is 0 Å². The van der Waals surface area contributed by atoms with Gasteiger partial charge in [-0.25, -0.2) is 0 Å². The lowest BCUT2D eigenvalue weighted by Gasteiger charge is -2.31. The molecule has 1 unspecified atom stereocenters. The first-order chi connectivity index (χ1) is 13.7. The SMILES string of the molecule is CNC(=O)c1ccc(NC(=O)C[NH+]2CCc3sccc3[C@@H]2c2cccs2)cc1. The molecule has 1 aliphatic rings. The van der Waals surface area contributed by atoms with Gasteiger partial charge in [0.2, 0.25) is 0 Å². The Labute approximate surface area is 172 Å². The van der Waals surface area contributed by atoms with Gasteiger partial charge in [-0.05, 0) is 47.2 Å². The highest BCUT2D eigenvalue weighted by atomic mass is 32.1. The normalized spacial score (nSPS) is 18.3. The van der Waals surface area contributed by atoms with Gasteiger partial charge in [0.05, 0.1) is 11.4 Å². The number of quaternary nitrogens is 1. The van der Waals surface area contributed by atoms with E-state index in [9.17, 15) is 9.59 Å². The molecule has 0 saturated carbocycles. The number of carbonyl (C=O) groups is 2. The molecule has 7 heteroatoms. The van der Waals surface area contributed by atoms with Crippen molar-refractivity contribution >= 4 is 40.2 Å². The van der Waals surface area contributed by atoms with Crippen molar-refractivity contribution < 1.29 is 14.5 Å². The van der Waals surface area contributed by atoms with Crippen LogP contribution >= 0.6 is 22.7 Å². The Balaban J connectivity index is 1.47. The van der Waals surface area contributed by atoms with E-state index in [2.05, 4.69) is 39.6 Å². The minimum absolute atomic E-state index is 0.0112. The first-order valence-corrected chi connectivity index (χ1v) is 11.0. The Kier molecular flexibility index (Phi) is 5.57. The van der Waals surface area contributed by atoms with Gasteiger partial charge in [-0.3, -0.25) is 9.59 Å². The second kappa shape index (κ2) is 8.26. The summed E-state index contributed by atoms with van der Waals surface area (Å²) in [6.45, 7) is 1.36. The molecule has 0 aliphatic carbocycles. The van der Waals surface area contributed by atoms with Crippen LogP contribution in [0.2, 0.25) is 0 Å². The predicted octanol–water partition coefficient (Wildman–Crippen LogP) is 2.34. The van der Waals surface area contributed by atoms with Crippen molar-refractivity contribution in [1.29, 1.82) is 0 Å². The van der Waals surface area contributed by atoms with Crippen molar-refractivity contribution in [2.24, 2.45) is 0 Å². The topological polar surface area (TPSA) is 62.6 Å². The van der Waals surface area contributed by atoms with Gasteiger partial charge in [-0.2, -0.15) is 0 Å². The molecule has 1 aromatic carbocycles. The largest absolute Gasteiger partial charge is 0.355 e. The van der Waals surface area contributed by atoms with E-state index in [0.717, 1.165) is 13.0 Å². The maximum absolute atomic E-state index is 12.7. The molecule has 2 aromatic heterocycles. The minimum atomic E-state index is -0.138. The Morgan fingerprint density at radius 2 is 1.93 bits per heavy atom. The smallest absolute Gasteiger partial charge is 0.279 e. The summed E-state index contributed by atoms with van der Waals surface area (Å²) in [7, 11) is 1.60. The molecule has 5 nitrogen and oxygen atoms in total. The monoisotopic (exact) mass is 412 g/mol. The molecular formula is C21H22N3O2S2+. The molecule has 28 heavy (non-hydrogen) atoms. The quantitative estimate of drug-likeness (QED) is 0.602. The Bertz CT molecular complexity index is 964. The maximum atomic E-state index is 12.7. The number of benzene rings is 1. The van der Waals surface area contributed by atoms with E-state index in [4.69, 9.17) is 0 Å². The molecule has 1 aliphatic heterocycles. The van der Waals surface area contributed by atoms with Crippen LogP contribution in [-0.4, -0.2) is 32.0 Å². The van der Waals surface area contributed by atoms with Crippen LogP contribution in [0.1, 0.15) is 31.7 Å². The lowest BCUT2D eigenvalue weighted by atomic mass is 9.98. The molecule has 2 amide bonds. The second-order valence-electron chi connectivity index (χ2n) is 6.79. The van der Waals surface area contributed by atoms with Crippen molar-refractivity contribution in [2.75, 3.05) is 25.5 Å². The summed E-state index contributed by atoms with van der Waals surface area (Å²) in [4.78, 5) is 28.4. The molecule has 0 radical (unpaired) electrons. The average molecular weight is 413 g/mol. The fourth-order valence-electron chi connectivity index (χ4n) is 3.71. The molecule has 0 fully saturated rings. The zero-order valence-electron chi connectivity index (χ0n) is 15.5. The lowest BCUT2D eigenvalue weighted by Crippen LogP contribution is -3.14. The van der Waals surface area contributed by atoms with Crippen LogP contribution in [0.15, 0.2) is 53.2 Å². The van der Waals surface area contributed by atoms with Gasteiger partial charge in [0.25, 0.3) is 11.8 Å². The molecule has 4 rings (SSSR count). The highest BCUT2D eigenvalue weighted by Gasteiger charge is 2.35. The number of hydrogen-bond acceptors (Lipinski definition) is 4. The molecular weight excluding hydrogens is 390 g/mol. The zero-order valence-corrected chi connectivity index (χ0v) is 17.2. The van der Waals surface area contributed by atoms with E-state index in [1.54, 1.807) is 42.6 Å². The van der Waals surface area contributed by atoms with Crippen LogP contribution in [-0.2, 0) is 11.2 Å². The Morgan fingerprint density at radius 3 is 2.64 bits per heavy atom. The summed E-state index contributed by atoms with van der Waals surface area (Å²) in [6, 6.07) is 13.6. The van der Waals surface area contributed by atoms with Gasteiger partial charge in [-0.15, -0.1) is 22.7 Å². The van der Waals surface area contributed by atoms with Gasteiger partial charge in [0.1, 0.15) is 6.04 Å². The van der Waals surface area contributed by atoms with E-state index in [1.807, 2.05) is 11.3 Å². The second-order valence-corrected chi connectivity index (χ2v) is 8.77. The van der Waals surface area contributed by atoms with Crippen LogP contribution in [0, 0.1) is 0 Å². The maximum Gasteiger partial charge on any atom is 0.279 e. The van der Waals surface area contributed by atoms with Gasteiger partial charge in [0, 0.05) is 35.2 Å². The lowest BCUT2D eigenvalue weighted by molar-refractivity contribution is -0.919. The molecule has 3 N–H and O–H groups in total. The Morgan fingerprint density at radius 1 is 1.11 bits per heavy atom. The summed E-state index contributed by atoms with van der Waals surface area (Å²) >= 11 is 3.57. The molecule has 3 heterocycles. The van der Waals surface area contributed by atoms with Crippen LogP contribution < -0.4 is 15.5 Å². The number of rotatable bonds is 5. The van der Waals surface area contributed by atoms with E-state index in [1.165, 1.54) is 20.2 Å². The standard InChI is InChI=1S/C21H21N3O2S2/c1-22-21(26)14-4-6-15(7-5-14)23-19(25)13-24-10-8-17-16(9-12-28-17)20(24)18-3-2-11-27-18/h2-7,9,11-12,20H,8,10,13H2,1H3,(H,22,26)(H,23,25)/p+1/t20-/m1/s1. The van der Waals surface area contributed by atoms with E-state index < -0.39 is 0 Å². The number of amides is 2. The summed E-state index contributed by atoms with van der Waals surface area (Å²) in [5.41, 5.74) is 2.64. The zero-order chi connectivity index (χ0) is 19.5. The summed E-state index contributed by atoms with van der Waals surface area (Å²) in [5, 5.41) is 9.82. The van der Waals surface area contributed by atoms with Crippen LogP contribution in [0.25, 0.3) is 0 Å². The van der Waals surface area contributed by atoms with Crippen molar-refractivity contribution in [3.63, 3.8) is 0 Å². The van der Waals surface area contributed by atoms with Gasteiger partial charge in [-0.1, -0.05) is 6.07 Å². The first-order valence-electron chi connectivity index (χ1n) is 9.22. The van der Waals surface area contributed by atoms with Crippen LogP contribution in [0.5, 0.6) is 0 Å². The first kappa shape index (κ1) is 18.9. The van der Waals surface area contributed by atoms with E-state index in [0.29, 0.717) is 17.8 Å². The minimum Gasteiger partial charge on any atom is -0.355 e. The summed E-state index contributed by atoms with van der Waals surface area (Å²) in [6.07, 6.45) is 1.01. The predicted molar refractivity (Wildman–Crippen MR) is 113 cm³/mol. The van der Waals surface area contributed by atoms with Crippen molar-refractivity contribution in [1.82, 2.24) is 5.32 Å². The third-order valence-electron chi connectivity index (χ3n) is 5.05. The molecule has 3 aromatic rings. The molecule has 2 atom stereocenters. The fourth-order valence-corrected chi connectivity index (χ4v) is 5.53. The summed E-state index contributed by atoms with van der Waals surface area (Å²) in [5.74, 6) is -0.149. The average Bonchev–Trinajstić information content (AvgIpc) is 3.39. The van der Waals surface area contributed by atoms with Gasteiger partial charge in [0.15, 0.2) is 6.54 Å². The van der Waals surface area contributed by atoms with Gasteiger partial charge >= 0.3 is 0 Å². The number of carbonyl (C=O) groups excluding carboxylic acids is 2. The molecule has 144 valence electrons. The number of fused-ring (bicyclic) bond motifs is 1. The molecule has 0 bridgehead atoms. The molecule has 0 spiro atoms. The van der Waals surface area contributed by atoms with Crippen LogP contribution in [0.3, 0.4) is 0 Å². The van der Waals surface area contributed by atoms with Gasteiger partial charge < -0.3 is 15.5 Å². The summed E-state index contributed by atoms with van der Waals surface area (Å²) < 4.78 is 0. The number of hydrogen-bond donors (Lipinski definition) is 3. The van der Waals surface area contributed by atoms with E-state index in [-0.39, 0.29) is 17.9 Å². The highest BCUT2D eigenvalue weighted by molar-refractivity contribution is 7.10. The van der Waals surface area contributed by atoms with Crippen molar-refractivity contribution in [2.45, 2.75) is 12.5 Å². The number of anilines is 1. The fraction of sp³-hybridized carbons (Fsp3) is 0.238. The third-order valence-corrected chi connectivity index (χ3v) is 6.98. The molecule has 0 saturated heterocycles. The third kappa shape index (κ3) is 3.87. The van der Waals surface area contributed by atoms with Crippen LogP contribution in [0.4, 0.5) is 5.69 Å². The highest BCUT2D eigenvalue weighted by Crippen LogP contribution is 2.31. The van der Waals surface area contributed by atoms with Crippen molar-refractivity contribution in [3.05, 3.63) is 74.1 Å². The number of nitrogens with one attached hydrogen (secondary N) is 3. The number of thiophene rings is 2.